The first-order valence-corrected chi connectivity index (χ1v) is 8.44. The molecule has 2 fully saturated rings. The van der Waals surface area contributed by atoms with Crippen LogP contribution in [-0.2, 0) is 9.57 Å². The number of hydrogen-bond acceptors (Lipinski definition) is 5. The molecule has 120 valence electrons. The van der Waals surface area contributed by atoms with E-state index < -0.39 is 0 Å². The van der Waals surface area contributed by atoms with E-state index in [2.05, 4.69) is 28.9 Å². The summed E-state index contributed by atoms with van der Waals surface area (Å²) in [7, 11) is 2.18. The molecular formula is C16H29N3O2. The van der Waals surface area contributed by atoms with Crippen LogP contribution in [0.15, 0.2) is 5.16 Å². The Bertz CT molecular complexity index is 374. The fourth-order valence-corrected chi connectivity index (χ4v) is 3.61. The maximum Gasteiger partial charge on any atom is 0.229 e. The molecule has 3 aliphatic rings. The van der Waals surface area contributed by atoms with Gasteiger partial charge in [-0.15, -0.1) is 0 Å². The highest BCUT2D eigenvalue weighted by molar-refractivity contribution is 5.79. The van der Waals surface area contributed by atoms with Crippen LogP contribution in [0.2, 0.25) is 0 Å². The number of rotatable bonds is 3. The van der Waals surface area contributed by atoms with Crippen molar-refractivity contribution in [2.75, 3.05) is 46.4 Å². The molecule has 1 atom stereocenters. The van der Waals surface area contributed by atoms with Crippen molar-refractivity contribution in [2.45, 2.75) is 44.6 Å². The van der Waals surface area contributed by atoms with Crippen molar-refractivity contribution in [2.24, 2.45) is 11.1 Å². The zero-order valence-electron chi connectivity index (χ0n) is 13.5. The minimum atomic E-state index is -0.238. The lowest BCUT2D eigenvalue weighted by molar-refractivity contribution is -0.0797. The number of piperidine rings is 2. The standard InChI is InChI=1S/C16H29N3O2/c1-16(12-19-8-4-3-5-9-19)13-20-17-15(21-16)14-6-10-18(2)11-7-14/h14H,3-13H2,1-2H3. The second-order valence-electron chi connectivity index (χ2n) is 7.17. The van der Waals surface area contributed by atoms with Gasteiger partial charge in [0, 0.05) is 12.5 Å². The van der Waals surface area contributed by atoms with Gasteiger partial charge in [0.1, 0.15) is 0 Å². The van der Waals surface area contributed by atoms with Crippen molar-refractivity contribution in [3.8, 4) is 0 Å². The van der Waals surface area contributed by atoms with Gasteiger partial charge in [0.2, 0.25) is 5.90 Å². The van der Waals surface area contributed by atoms with Crippen LogP contribution >= 0.6 is 0 Å². The van der Waals surface area contributed by atoms with E-state index in [1.807, 2.05) is 0 Å². The van der Waals surface area contributed by atoms with Crippen LogP contribution < -0.4 is 0 Å². The SMILES string of the molecule is CN1CCC(C2=NOCC(C)(CN3CCCCC3)O2)CC1. The van der Waals surface area contributed by atoms with Crippen LogP contribution in [0, 0.1) is 5.92 Å². The van der Waals surface area contributed by atoms with Crippen molar-refractivity contribution >= 4 is 5.90 Å². The summed E-state index contributed by atoms with van der Waals surface area (Å²) < 4.78 is 6.32. The maximum atomic E-state index is 6.32. The summed E-state index contributed by atoms with van der Waals surface area (Å²) in [6.07, 6.45) is 6.24. The third-order valence-electron chi connectivity index (χ3n) is 4.95. The summed E-state index contributed by atoms with van der Waals surface area (Å²) in [5.41, 5.74) is -0.238. The Morgan fingerprint density at radius 3 is 2.57 bits per heavy atom. The molecule has 1 unspecified atom stereocenters. The highest BCUT2D eigenvalue weighted by Crippen LogP contribution is 2.27. The van der Waals surface area contributed by atoms with Crippen molar-refractivity contribution < 1.29 is 9.57 Å². The van der Waals surface area contributed by atoms with Crippen LogP contribution in [0.5, 0.6) is 0 Å². The smallest absolute Gasteiger partial charge is 0.229 e. The monoisotopic (exact) mass is 295 g/mol. The molecule has 0 aromatic carbocycles. The Balaban J connectivity index is 1.57. The van der Waals surface area contributed by atoms with Crippen LogP contribution in [0.4, 0.5) is 0 Å². The van der Waals surface area contributed by atoms with E-state index in [-0.39, 0.29) is 5.60 Å². The van der Waals surface area contributed by atoms with E-state index in [1.165, 1.54) is 32.4 Å². The Morgan fingerprint density at radius 2 is 1.86 bits per heavy atom. The average Bonchev–Trinajstić information content (AvgIpc) is 2.48. The molecule has 0 radical (unpaired) electrons. The van der Waals surface area contributed by atoms with Gasteiger partial charge in [0.05, 0.1) is 0 Å². The van der Waals surface area contributed by atoms with Gasteiger partial charge in [0.15, 0.2) is 12.2 Å². The van der Waals surface area contributed by atoms with Crippen LogP contribution in [0.25, 0.3) is 0 Å². The zero-order valence-corrected chi connectivity index (χ0v) is 13.5. The number of hydrogen-bond donors (Lipinski definition) is 0. The largest absolute Gasteiger partial charge is 0.467 e. The molecule has 0 N–H and O–H groups in total. The van der Waals surface area contributed by atoms with Gasteiger partial charge in [-0.1, -0.05) is 11.6 Å². The second-order valence-corrected chi connectivity index (χ2v) is 7.17. The summed E-state index contributed by atoms with van der Waals surface area (Å²) in [5.74, 6) is 1.27. The van der Waals surface area contributed by atoms with E-state index >= 15 is 0 Å². The molecule has 0 bridgehead atoms. The topological polar surface area (TPSA) is 37.3 Å². The first-order chi connectivity index (χ1) is 10.1. The highest BCUT2D eigenvalue weighted by atomic mass is 16.7. The van der Waals surface area contributed by atoms with Gasteiger partial charge in [-0.2, -0.15) is 0 Å². The van der Waals surface area contributed by atoms with E-state index in [4.69, 9.17) is 9.57 Å². The number of likely N-dealkylation sites (tertiary alicyclic amines) is 2. The van der Waals surface area contributed by atoms with Crippen LogP contribution in [-0.4, -0.2) is 67.7 Å². The van der Waals surface area contributed by atoms with Crippen molar-refractivity contribution in [1.82, 2.24) is 9.80 Å². The van der Waals surface area contributed by atoms with Crippen LogP contribution in [0.1, 0.15) is 39.0 Å². The fraction of sp³-hybridized carbons (Fsp3) is 0.938. The lowest BCUT2D eigenvalue weighted by Gasteiger charge is -2.40. The summed E-state index contributed by atoms with van der Waals surface area (Å²) in [5, 5.41) is 4.22. The van der Waals surface area contributed by atoms with Crippen molar-refractivity contribution in [3.05, 3.63) is 0 Å². The molecule has 2 saturated heterocycles. The number of oxime groups is 1. The zero-order chi connectivity index (χ0) is 14.7. The first kappa shape index (κ1) is 15.1. The van der Waals surface area contributed by atoms with E-state index in [9.17, 15) is 0 Å². The molecule has 5 nitrogen and oxygen atoms in total. The minimum Gasteiger partial charge on any atom is -0.467 e. The molecule has 0 aliphatic carbocycles. The lowest BCUT2D eigenvalue weighted by atomic mass is 9.96. The summed E-state index contributed by atoms with van der Waals surface area (Å²) in [6.45, 7) is 8.33. The predicted octanol–water partition coefficient (Wildman–Crippen LogP) is 1.93. The quantitative estimate of drug-likeness (QED) is 0.797. The maximum absolute atomic E-state index is 6.32. The summed E-state index contributed by atoms with van der Waals surface area (Å²) in [4.78, 5) is 10.4. The molecule has 3 heterocycles. The Kier molecular flexibility index (Phi) is 4.69. The second kappa shape index (κ2) is 6.53. The van der Waals surface area contributed by atoms with E-state index in [1.54, 1.807) is 0 Å². The van der Waals surface area contributed by atoms with Crippen molar-refractivity contribution in [3.63, 3.8) is 0 Å². The minimum absolute atomic E-state index is 0.238. The normalized spacial score (nSPS) is 33.1. The Hall–Kier alpha value is -0.810. The molecule has 0 saturated carbocycles. The average molecular weight is 295 g/mol. The fourth-order valence-electron chi connectivity index (χ4n) is 3.61. The van der Waals surface area contributed by atoms with Gasteiger partial charge in [0.25, 0.3) is 0 Å². The third-order valence-corrected chi connectivity index (χ3v) is 4.95. The molecule has 0 aromatic rings. The van der Waals surface area contributed by atoms with E-state index in [0.717, 1.165) is 38.4 Å². The third kappa shape index (κ3) is 3.89. The Labute approximate surface area is 128 Å². The molecular weight excluding hydrogens is 266 g/mol. The predicted molar refractivity (Wildman–Crippen MR) is 83.4 cm³/mol. The number of ether oxygens (including phenoxy) is 1. The molecule has 3 aliphatic heterocycles. The highest BCUT2D eigenvalue weighted by Gasteiger charge is 2.38. The van der Waals surface area contributed by atoms with E-state index in [0.29, 0.717) is 12.5 Å². The lowest BCUT2D eigenvalue weighted by Crippen LogP contribution is -2.51. The molecule has 21 heavy (non-hydrogen) atoms. The molecule has 0 aromatic heterocycles. The molecule has 0 spiro atoms. The molecule has 3 rings (SSSR count). The summed E-state index contributed by atoms with van der Waals surface area (Å²) >= 11 is 0. The van der Waals surface area contributed by atoms with Crippen molar-refractivity contribution in [1.29, 1.82) is 0 Å². The molecule has 5 heteroatoms. The summed E-state index contributed by atoms with van der Waals surface area (Å²) in [6, 6.07) is 0. The first-order valence-electron chi connectivity index (χ1n) is 8.44. The van der Waals surface area contributed by atoms with Gasteiger partial charge < -0.3 is 14.5 Å². The molecule has 0 amide bonds. The van der Waals surface area contributed by atoms with Gasteiger partial charge in [-0.3, -0.25) is 4.90 Å². The van der Waals surface area contributed by atoms with Crippen LogP contribution in [0.3, 0.4) is 0 Å². The number of nitrogens with zero attached hydrogens (tertiary/aromatic N) is 3. The van der Waals surface area contributed by atoms with Gasteiger partial charge >= 0.3 is 0 Å². The van der Waals surface area contributed by atoms with Gasteiger partial charge in [-0.25, -0.2) is 0 Å². The Morgan fingerprint density at radius 1 is 1.14 bits per heavy atom. The van der Waals surface area contributed by atoms with Gasteiger partial charge in [-0.05, 0) is 65.8 Å².